The van der Waals surface area contributed by atoms with Crippen molar-refractivity contribution in [2.24, 2.45) is 0 Å². The predicted octanol–water partition coefficient (Wildman–Crippen LogP) is 2.45. The fourth-order valence-electron chi connectivity index (χ4n) is 3.90. The molecule has 0 saturated carbocycles. The Balaban J connectivity index is 1.56. The Morgan fingerprint density at radius 2 is 1.84 bits per heavy atom. The molecule has 170 valence electrons. The van der Waals surface area contributed by atoms with Crippen molar-refractivity contribution in [3.63, 3.8) is 0 Å². The molecule has 0 spiro atoms. The fourth-order valence-corrected chi connectivity index (χ4v) is 3.90. The van der Waals surface area contributed by atoms with Crippen LogP contribution in [0.15, 0.2) is 30.3 Å². The van der Waals surface area contributed by atoms with Gasteiger partial charge in [-0.05, 0) is 42.7 Å². The molecule has 0 bridgehead atoms. The Labute approximate surface area is 182 Å². The van der Waals surface area contributed by atoms with Gasteiger partial charge < -0.3 is 39.6 Å². The van der Waals surface area contributed by atoms with E-state index in [2.05, 4.69) is 5.32 Å². The van der Waals surface area contributed by atoms with Crippen LogP contribution in [-0.2, 0) is 11.3 Å². The minimum atomic E-state index is -0.756. The number of benzene rings is 2. The summed E-state index contributed by atoms with van der Waals surface area (Å²) in [6, 6.07) is 8.51. The minimum absolute atomic E-state index is 0.00261. The van der Waals surface area contributed by atoms with Crippen LogP contribution in [0, 0.1) is 0 Å². The van der Waals surface area contributed by atoms with E-state index in [1.807, 2.05) is 12.1 Å². The zero-order valence-corrected chi connectivity index (χ0v) is 18.1. The van der Waals surface area contributed by atoms with Crippen LogP contribution in [0.2, 0.25) is 0 Å². The molecule has 1 aliphatic heterocycles. The number of ether oxygens (including phenoxy) is 4. The van der Waals surface area contributed by atoms with Crippen LogP contribution < -0.4 is 19.5 Å². The van der Waals surface area contributed by atoms with Crippen molar-refractivity contribution in [3.8, 4) is 23.0 Å². The minimum Gasteiger partial charge on any atom is -0.508 e. The summed E-state index contributed by atoms with van der Waals surface area (Å²) in [5.41, 5.74) is 1.94. The number of rotatable bonds is 10. The molecule has 31 heavy (non-hydrogen) atoms. The monoisotopic (exact) mass is 433 g/mol. The quantitative estimate of drug-likeness (QED) is 0.452. The summed E-state index contributed by atoms with van der Waals surface area (Å²) in [5.74, 6) is 1.78. The molecule has 1 aliphatic rings. The molecule has 1 saturated heterocycles. The zero-order valence-electron chi connectivity index (χ0n) is 18.1. The number of aromatic hydroxyl groups is 1. The standard InChI is InChI=1S/C23H31NO7/c1-28-21-9-6-17(22(29-2)23(21)30-3)20-8-5-16(31-20)11-24-12-19(27)14-4-7-18(26)15(10-14)13-25/h4,6-7,9-10,16,19-20,24-27H,5,8,11-13H2,1-3H3. The van der Waals surface area contributed by atoms with Crippen molar-refractivity contribution < 1.29 is 34.3 Å². The van der Waals surface area contributed by atoms with Gasteiger partial charge in [0.1, 0.15) is 5.75 Å². The van der Waals surface area contributed by atoms with E-state index in [0.29, 0.717) is 41.5 Å². The molecule has 3 unspecified atom stereocenters. The van der Waals surface area contributed by atoms with Crippen LogP contribution >= 0.6 is 0 Å². The Bertz CT molecular complexity index is 873. The molecule has 1 heterocycles. The third kappa shape index (κ3) is 5.22. The second-order valence-electron chi connectivity index (χ2n) is 7.47. The molecule has 3 atom stereocenters. The predicted molar refractivity (Wildman–Crippen MR) is 115 cm³/mol. The van der Waals surface area contributed by atoms with Crippen molar-refractivity contribution in [3.05, 3.63) is 47.0 Å². The lowest BCUT2D eigenvalue weighted by atomic mass is 10.0. The molecule has 2 aromatic carbocycles. The van der Waals surface area contributed by atoms with Gasteiger partial charge in [-0.2, -0.15) is 0 Å². The lowest BCUT2D eigenvalue weighted by Gasteiger charge is -2.20. The summed E-state index contributed by atoms with van der Waals surface area (Å²) in [7, 11) is 4.76. The lowest BCUT2D eigenvalue weighted by Crippen LogP contribution is -2.30. The molecular formula is C23H31NO7. The Hall–Kier alpha value is -2.52. The normalized spacial score (nSPS) is 19.3. The average molecular weight is 434 g/mol. The second kappa shape index (κ2) is 10.7. The van der Waals surface area contributed by atoms with Crippen molar-refractivity contribution in [2.45, 2.75) is 37.8 Å². The first-order valence-electron chi connectivity index (χ1n) is 10.3. The van der Waals surface area contributed by atoms with Gasteiger partial charge in [-0.3, -0.25) is 0 Å². The molecule has 0 aromatic heterocycles. The van der Waals surface area contributed by atoms with Crippen molar-refractivity contribution in [1.29, 1.82) is 0 Å². The molecule has 0 radical (unpaired) electrons. The van der Waals surface area contributed by atoms with Crippen LogP contribution in [-0.4, -0.2) is 55.8 Å². The van der Waals surface area contributed by atoms with Gasteiger partial charge in [0.15, 0.2) is 11.5 Å². The van der Waals surface area contributed by atoms with Crippen molar-refractivity contribution >= 4 is 0 Å². The topological polar surface area (TPSA) is 110 Å². The second-order valence-corrected chi connectivity index (χ2v) is 7.47. The molecule has 0 amide bonds. The van der Waals surface area contributed by atoms with Crippen LogP contribution in [0.3, 0.4) is 0 Å². The summed E-state index contributed by atoms with van der Waals surface area (Å²) in [4.78, 5) is 0. The molecule has 0 aliphatic carbocycles. The maximum Gasteiger partial charge on any atom is 0.203 e. The molecule has 1 fully saturated rings. The van der Waals surface area contributed by atoms with E-state index >= 15 is 0 Å². The largest absolute Gasteiger partial charge is 0.508 e. The number of aliphatic hydroxyl groups is 2. The van der Waals surface area contributed by atoms with Gasteiger partial charge >= 0.3 is 0 Å². The Morgan fingerprint density at radius 3 is 2.52 bits per heavy atom. The van der Waals surface area contributed by atoms with Crippen molar-refractivity contribution in [2.75, 3.05) is 34.4 Å². The number of aliphatic hydroxyl groups excluding tert-OH is 2. The van der Waals surface area contributed by atoms with Gasteiger partial charge in [-0.25, -0.2) is 0 Å². The number of hydrogen-bond donors (Lipinski definition) is 4. The Kier molecular flexibility index (Phi) is 7.97. The van der Waals surface area contributed by atoms with Gasteiger partial charge in [0.25, 0.3) is 0 Å². The molecule has 3 rings (SSSR count). The number of hydrogen-bond acceptors (Lipinski definition) is 8. The summed E-state index contributed by atoms with van der Waals surface area (Å²) >= 11 is 0. The SMILES string of the molecule is COc1ccc(C2CCC(CNCC(O)c3ccc(O)c(CO)c3)O2)c(OC)c1OC. The molecule has 8 nitrogen and oxygen atoms in total. The van der Waals surface area contributed by atoms with Crippen LogP contribution in [0.1, 0.15) is 41.7 Å². The Morgan fingerprint density at radius 1 is 1.06 bits per heavy atom. The highest BCUT2D eigenvalue weighted by molar-refractivity contribution is 5.56. The van der Waals surface area contributed by atoms with Gasteiger partial charge in [0.05, 0.1) is 46.2 Å². The summed E-state index contributed by atoms with van der Waals surface area (Å²) in [5, 5.41) is 32.6. The highest BCUT2D eigenvalue weighted by atomic mass is 16.5. The van der Waals surface area contributed by atoms with E-state index in [1.54, 1.807) is 33.5 Å². The number of phenols is 1. The first kappa shape index (κ1) is 23.1. The first-order chi connectivity index (χ1) is 15.0. The van der Waals surface area contributed by atoms with Gasteiger partial charge in [0, 0.05) is 24.2 Å². The number of methoxy groups -OCH3 is 3. The first-order valence-corrected chi connectivity index (χ1v) is 10.3. The van der Waals surface area contributed by atoms with E-state index in [9.17, 15) is 15.3 Å². The van der Waals surface area contributed by atoms with Crippen LogP contribution in [0.5, 0.6) is 23.0 Å². The number of nitrogens with one attached hydrogen (secondary N) is 1. The molecular weight excluding hydrogens is 402 g/mol. The smallest absolute Gasteiger partial charge is 0.203 e. The lowest BCUT2D eigenvalue weighted by molar-refractivity contribution is 0.0413. The van der Waals surface area contributed by atoms with E-state index in [4.69, 9.17) is 18.9 Å². The third-order valence-corrected chi connectivity index (χ3v) is 5.56. The summed E-state index contributed by atoms with van der Waals surface area (Å²) in [6.07, 6.45) is 0.852. The maximum atomic E-state index is 10.4. The molecule has 8 heteroatoms. The van der Waals surface area contributed by atoms with E-state index in [0.717, 1.165) is 18.4 Å². The fraction of sp³-hybridized carbons (Fsp3) is 0.478. The van der Waals surface area contributed by atoms with E-state index < -0.39 is 6.10 Å². The van der Waals surface area contributed by atoms with Gasteiger partial charge in [0.2, 0.25) is 5.75 Å². The van der Waals surface area contributed by atoms with E-state index in [-0.39, 0.29) is 24.6 Å². The zero-order chi connectivity index (χ0) is 22.4. The van der Waals surface area contributed by atoms with Crippen LogP contribution in [0.25, 0.3) is 0 Å². The maximum absolute atomic E-state index is 10.4. The van der Waals surface area contributed by atoms with Crippen molar-refractivity contribution in [1.82, 2.24) is 5.32 Å². The summed E-state index contributed by atoms with van der Waals surface area (Å²) in [6.45, 7) is 0.644. The molecule has 4 N–H and O–H groups in total. The highest BCUT2D eigenvalue weighted by Crippen LogP contribution is 2.45. The van der Waals surface area contributed by atoms with Gasteiger partial charge in [-0.1, -0.05) is 6.07 Å². The van der Waals surface area contributed by atoms with Gasteiger partial charge in [-0.15, -0.1) is 0 Å². The van der Waals surface area contributed by atoms with E-state index in [1.165, 1.54) is 6.07 Å². The molecule has 2 aromatic rings. The van der Waals surface area contributed by atoms with Crippen LogP contribution in [0.4, 0.5) is 0 Å². The average Bonchev–Trinajstić information content (AvgIpc) is 3.26. The highest BCUT2D eigenvalue weighted by Gasteiger charge is 2.30. The summed E-state index contributed by atoms with van der Waals surface area (Å²) < 4.78 is 22.6. The third-order valence-electron chi connectivity index (χ3n) is 5.56.